The van der Waals surface area contributed by atoms with Gasteiger partial charge in [0.2, 0.25) is 0 Å². The van der Waals surface area contributed by atoms with Crippen LogP contribution in [0.15, 0.2) is 0 Å². The zero-order chi connectivity index (χ0) is 12.8. The lowest BCUT2D eigenvalue weighted by molar-refractivity contribution is 0.0521. The van der Waals surface area contributed by atoms with Gasteiger partial charge >= 0.3 is 5.97 Å². The number of imidazole rings is 1. The van der Waals surface area contributed by atoms with Gasteiger partial charge in [-0.05, 0) is 20.8 Å². The SMILES string of the molecule is CCOCCn1c(C)nc(C(=O)OCC)c1N. The minimum absolute atomic E-state index is 0.181. The molecular formula is C11H19N3O3. The van der Waals surface area contributed by atoms with Gasteiger partial charge in [0.25, 0.3) is 0 Å². The first-order chi connectivity index (χ1) is 8.11. The molecule has 0 radical (unpaired) electrons. The van der Waals surface area contributed by atoms with E-state index in [1.54, 1.807) is 18.4 Å². The highest BCUT2D eigenvalue weighted by Gasteiger charge is 2.19. The molecule has 0 amide bonds. The van der Waals surface area contributed by atoms with Crippen LogP contribution in [0.3, 0.4) is 0 Å². The van der Waals surface area contributed by atoms with Gasteiger partial charge in [-0.2, -0.15) is 0 Å². The number of hydrogen-bond acceptors (Lipinski definition) is 5. The normalized spacial score (nSPS) is 10.5. The Balaban J connectivity index is 2.82. The predicted octanol–water partition coefficient (Wildman–Crippen LogP) is 0.987. The van der Waals surface area contributed by atoms with E-state index in [1.165, 1.54) is 0 Å². The molecule has 6 nitrogen and oxygen atoms in total. The largest absolute Gasteiger partial charge is 0.461 e. The second-order valence-corrected chi connectivity index (χ2v) is 3.46. The highest BCUT2D eigenvalue weighted by molar-refractivity contribution is 5.92. The van der Waals surface area contributed by atoms with E-state index in [2.05, 4.69) is 4.98 Å². The number of nitrogens with zero attached hydrogens (tertiary/aromatic N) is 2. The molecule has 1 aromatic heterocycles. The molecule has 0 aromatic carbocycles. The number of carbonyl (C=O) groups is 1. The standard InChI is InChI=1S/C11H19N3O3/c1-4-16-7-6-14-8(3)13-9(10(14)12)11(15)17-5-2/h4-7,12H2,1-3H3. The topological polar surface area (TPSA) is 79.4 Å². The highest BCUT2D eigenvalue weighted by Crippen LogP contribution is 2.15. The summed E-state index contributed by atoms with van der Waals surface area (Å²) in [4.78, 5) is 15.7. The molecule has 0 aliphatic carbocycles. The zero-order valence-electron chi connectivity index (χ0n) is 10.5. The predicted molar refractivity (Wildman–Crippen MR) is 63.8 cm³/mol. The minimum atomic E-state index is -0.483. The zero-order valence-corrected chi connectivity index (χ0v) is 10.5. The fourth-order valence-electron chi connectivity index (χ4n) is 1.51. The molecule has 0 aliphatic heterocycles. The van der Waals surface area contributed by atoms with Crippen molar-refractivity contribution in [1.29, 1.82) is 0 Å². The van der Waals surface area contributed by atoms with Gasteiger partial charge in [0.15, 0.2) is 5.69 Å². The number of anilines is 1. The van der Waals surface area contributed by atoms with Gasteiger partial charge in [0.1, 0.15) is 11.6 Å². The van der Waals surface area contributed by atoms with Crippen molar-refractivity contribution < 1.29 is 14.3 Å². The van der Waals surface area contributed by atoms with Crippen LogP contribution in [0.1, 0.15) is 30.2 Å². The quantitative estimate of drug-likeness (QED) is 0.593. The number of nitrogen functional groups attached to an aromatic ring is 1. The molecule has 0 fully saturated rings. The van der Waals surface area contributed by atoms with Crippen LogP contribution in [0, 0.1) is 6.92 Å². The van der Waals surface area contributed by atoms with Crippen LogP contribution in [0.2, 0.25) is 0 Å². The average molecular weight is 241 g/mol. The minimum Gasteiger partial charge on any atom is -0.461 e. The summed E-state index contributed by atoms with van der Waals surface area (Å²) in [6, 6.07) is 0. The van der Waals surface area contributed by atoms with Crippen LogP contribution in [-0.2, 0) is 16.0 Å². The molecule has 96 valence electrons. The van der Waals surface area contributed by atoms with E-state index in [4.69, 9.17) is 15.2 Å². The highest BCUT2D eigenvalue weighted by atomic mass is 16.5. The summed E-state index contributed by atoms with van der Waals surface area (Å²) in [5, 5.41) is 0. The van der Waals surface area contributed by atoms with Gasteiger partial charge in [-0.3, -0.25) is 0 Å². The number of carbonyl (C=O) groups excluding carboxylic acids is 1. The smallest absolute Gasteiger partial charge is 0.360 e. The molecular weight excluding hydrogens is 222 g/mol. The first-order valence-corrected chi connectivity index (χ1v) is 5.69. The molecule has 1 rings (SSSR count). The van der Waals surface area contributed by atoms with Crippen molar-refractivity contribution in [1.82, 2.24) is 9.55 Å². The molecule has 0 saturated carbocycles. The van der Waals surface area contributed by atoms with Crippen molar-refractivity contribution in [3.05, 3.63) is 11.5 Å². The van der Waals surface area contributed by atoms with Gasteiger partial charge in [-0.15, -0.1) is 0 Å². The van der Waals surface area contributed by atoms with Crippen LogP contribution in [0.25, 0.3) is 0 Å². The van der Waals surface area contributed by atoms with Crippen molar-refractivity contribution in [3.63, 3.8) is 0 Å². The van der Waals surface area contributed by atoms with Crippen molar-refractivity contribution in [3.8, 4) is 0 Å². The number of ether oxygens (including phenoxy) is 2. The van der Waals surface area contributed by atoms with Crippen molar-refractivity contribution >= 4 is 11.8 Å². The van der Waals surface area contributed by atoms with Gasteiger partial charge < -0.3 is 19.8 Å². The van der Waals surface area contributed by atoms with Crippen LogP contribution >= 0.6 is 0 Å². The molecule has 17 heavy (non-hydrogen) atoms. The molecule has 1 aromatic rings. The van der Waals surface area contributed by atoms with Gasteiger partial charge in [-0.25, -0.2) is 9.78 Å². The summed E-state index contributed by atoms with van der Waals surface area (Å²) in [6.45, 7) is 7.55. The fraction of sp³-hybridized carbons (Fsp3) is 0.636. The monoisotopic (exact) mass is 241 g/mol. The summed E-state index contributed by atoms with van der Waals surface area (Å²) in [5.41, 5.74) is 6.04. The van der Waals surface area contributed by atoms with E-state index >= 15 is 0 Å². The van der Waals surface area contributed by atoms with Crippen LogP contribution in [0.4, 0.5) is 5.82 Å². The Morgan fingerprint density at radius 2 is 2.12 bits per heavy atom. The lowest BCUT2D eigenvalue weighted by Gasteiger charge is -2.07. The Labute approximate surface area is 101 Å². The third-order valence-corrected chi connectivity index (χ3v) is 2.33. The van der Waals surface area contributed by atoms with E-state index in [0.717, 1.165) is 0 Å². The molecule has 0 unspecified atom stereocenters. The summed E-state index contributed by atoms with van der Waals surface area (Å²) >= 11 is 0. The average Bonchev–Trinajstić information content (AvgIpc) is 2.57. The summed E-state index contributed by atoms with van der Waals surface area (Å²) < 4.78 is 11.9. The Morgan fingerprint density at radius 1 is 1.41 bits per heavy atom. The van der Waals surface area contributed by atoms with Crippen LogP contribution in [0.5, 0.6) is 0 Å². The third kappa shape index (κ3) is 3.20. The summed E-state index contributed by atoms with van der Waals surface area (Å²) in [7, 11) is 0. The Hall–Kier alpha value is -1.56. The molecule has 1 heterocycles. The fourth-order valence-corrected chi connectivity index (χ4v) is 1.51. The molecule has 0 bridgehead atoms. The maximum Gasteiger partial charge on any atom is 0.360 e. The van der Waals surface area contributed by atoms with E-state index in [1.807, 2.05) is 6.92 Å². The lowest BCUT2D eigenvalue weighted by atomic mass is 10.4. The second-order valence-electron chi connectivity index (χ2n) is 3.46. The molecule has 0 spiro atoms. The first kappa shape index (κ1) is 13.5. The number of aromatic nitrogens is 2. The van der Waals surface area contributed by atoms with E-state index in [-0.39, 0.29) is 5.69 Å². The molecule has 0 saturated heterocycles. The summed E-state index contributed by atoms with van der Waals surface area (Å²) in [5.74, 6) is 0.536. The van der Waals surface area contributed by atoms with E-state index in [9.17, 15) is 4.79 Å². The van der Waals surface area contributed by atoms with Gasteiger partial charge in [0, 0.05) is 13.2 Å². The lowest BCUT2D eigenvalue weighted by Crippen LogP contribution is -2.12. The number of nitrogens with two attached hydrogens (primary N) is 1. The molecule has 6 heteroatoms. The number of rotatable bonds is 6. The third-order valence-electron chi connectivity index (χ3n) is 2.33. The number of esters is 1. The van der Waals surface area contributed by atoms with E-state index < -0.39 is 5.97 Å². The molecule has 2 N–H and O–H groups in total. The maximum absolute atomic E-state index is 11.6. The van der Waals surface area contributed by atoms with E-state index in [0.29, 0.717) is 38.0 Å². The van der Waals surface area contributed by atoms with Crippen LogP contribution in [-0.4, -0.2) is 35.3 Å². The van der Waals surface area contributed by atoms with Crippen LogP contribution < -0.4 is 5.73 Å². The molecule has 0 aliphatic rings. The summed E-state index contributed by atoms with van der Waals surface area (Å²) in [6.07, 6.45) is 0. The Kier molecular flexibility index (Phi) is 4.96. The van der Waals surface area contributed by atoms with Crippen molar-refractivity contribution in [2.45, 2.75) is 27.3 Å². The van der Waals surface area contributed by atoms with Gasteiger partial charge in [0.05, 0.1) is 13.2 Å². The number of aryl methyl sites for hydroxylation is 1. The maximum atomic E-state index is 11.6. The van der Waals surface area contributed by atoms with Gasteiger partial charge in [-0.1, -0.05) is 0 Å². The number of hydrogen-bond donors (Lipinski definition) is 1. The second kappa shape index (κ2) is 6.24. The van der Waals surface area contributed by atoms with Crippen molar-refractivity contribution in [2.24, 2.45) is 0 Å². The Morgan fingerprint density at radius 3 is 2.71 bits per heavy atom. The first-order valence-electron chi connectivity index (χ1n) is 5.69. The van der Waals surface area contributed by atoms with Crippen molar-refractivity contribution in [2.75, 3.05) is 25.6 Å². The Bertz CT molecular complexity index is 388. The molecule has 0 atom stereocenters.